The molecule has 128 valence electrons. The van der Waals surface area contributed by atoms with Crippen LogP contribution in [0.15, 0.2) is 27.6 Å². The fourth-order valence-corrected chi connectivity index (χ4v) is 4.91. The van der Waals surface area contributed by atoms with Gasteiger partial charge in [0.25, 0.3) is 0 Å². The zero-order valence-corrected chi connectivity index (χ0v) is 15.9. The molecule has 0 unspecified atom stereocenters. The van der Waals surface area contributed by atoms with E-state index in [1.807, 2.05) is 14.1 Å². The Kier molecular flexibility index (Phi) is 5.01. The van der Waals surface area contributed by atoms with Crippen molar-refractivity contribution in [2.75, 3.05) is 33.8 Å². The summed E-state index contributed by atoms with van der Waals surface area (Å²) < 4.78 is 33.6. The van der Waals surface area contributed by atoms with Crippen LogP contribution in [0.4, 0.5) is 0 Å². The predicted molar refractivity (Wildman–Crippen MR) is 93.2 cm³/mol. The van der Waals surface area contributed by atoms with Gasteiger partial charge < -0.3 is 9.64 Å². The Bertz CT molecular complexity index is 674. The van der Waals surface area contributed by atoms with Gasteiger partial charge in [0.1, 0.15) is 5.75 Å². The van der Waals surface area contributed by atoms with Crippen molar-refractivity contribution < 1.29 is 13.2 Å². The molecule has 1 aliphatic heterocycles. The molecule has 5 nitrogen and oxygen atoms in total. The van der Waals surface area contributed by atoms with Crippen molar-refractivity contribution in [2.45, 2.75) is 30.2 Å². The van der Waals surface area contributed by atoms with Gasteiger partial charge in [-0.1, -0.05) is 0 Å². The first kappa shape index (κ1) is 17.2. The van der Waals surface area contributed by atoms with Gasteiger partial charge in [0, 0.05) is 19.1 Å². The van der Waals surface area contributed by atoms with E-state index in [2.05, 4.69) is 20.8 Å². The first-order chi connectivity index (χ1) is 10.9. The molecule has 1 atom stereocenters. The van der Waals surface area contributed by atoms with E-state index in [1.165, 1.54) is 12.8 Å². The Morgan fingerprint density at radius 3 is 2.61 bits per heavy atom. The number of likely N-dealkylation sites (N-methyl/N-ethyl adjacent to an activating group) is 1. The predicted octanol–water partition coefficient (Wildman–Crippen LogP) is 2.56. The van der Waals surface area contributed by atoms with E-state index >= 15 is 0 Å². The molecule has 0 bridgehead atoms. The Labute approximate surface area is 146 Å². The zero-order valence-electron chi connectivity index (χ0n) is 13.5. The number of rotatable bonds is 6. The maximum absolute atomic E-state index is 12.8. The van der Waals surface area contributed by atoms with Crippen LogP contribution in [0, 0.1) is 5.92 Å². The molecule has 2 aliphatic rings. The van der Waals surface area contributed by atoms with Crippen LogP contribution in [-0.4, -0.2) is 57.5 Å². The van der Waals surface area contributed by atoms with Gasteiger partial charge in [0.05, 0.1) is 16.0 Å². The average molecular weight is 403 g/mol. The maximum atomic E-state index is 12.8. The van der Waals surface area contributed by atoms with Crippen LogP contribution in [0.2, 0.25) is 0 Å². The minimum absolute atomic E-state index is 0.286. The summed E-state index contributed by atoms with van der Waals surface area (Å²) in [5.41, 5.74) is 0. The quantitative estimate of drug-likeness (QED) is 0.733. The molecule has 7 heteroatoms. The van der Waals surface area contributed by atoms with Gasteiger partial charge in [0.15, 0.2) is 0 Å². The van der Waals surface area contributed by atoms with E-state index < -0.39 is 10.0 Å². The summed E-state index contributed by atoms with van der Waals surface area (Å²) in [4.78, 5) is 2.41. The average Bonchev–Trinajstić information content (AvgIpc) is 3.18. The third-order valence-electron chi connectivity index (χ3n) is 4.57. The molecule has 0 aromatic heterocycles. The minimum Gasteiger partial charge on any atom is -0.492 e. The SMILES string of the molecule is CN(C)[C@H]1CCN(S(=O)(=O)c2ccc(OCC3CC3)c(Br)c2)C1. The number of hydrogen-bond donors (Lipinski definition) is 0. The van der Waals surface area contributed by atoms with Gasteiger partial charge >= 0.3 is 0 Å². The van der Waals surface area contributed by atoms with Crippen molar-refractivity contribution in [3.8, 4) is 5.75 Å². The molecule has 1 aliphatic carbocycles. The largest absolute Gasteiger partial charge is 0.492 e. The first-order valence-electron chi connectivity index (χ1n) is 7.97. The molecule has 0 N–H and O–H groups in total. The van der Waals surface area contributed by atoms with Gasteiger partial charge in [-0.25, -0.2) is 8.42 Å². The summed E-state index contributed by atoms with van der Waals surface area (Å²) in [6.07, 6.45) is 3.33. The molecule has 23 heavy (non-hydrogen) atoms. The smallest absolute Gasteiger partial charge is 0.243 e. The van der Waals surface area contributed by atoms with Crippen LogP contribution in [0.5, 0.6) is 5.75 Å². The summed E-state index contributed by atoms with van der Waals surface area (Å²) in [7, 11) is 0.537. The fraction of sp³-hybridized carbons (Fsp3) is 0.625. The molecule has 0 spiro atoms. The van der Waals surface area contributed by atoms with Crippen LogP contribution >= 0.6 is 15.9 Å². The van der Waals surface area contributed by atoms with Crippen LogP contribution in [0.25, 0.3) is 0 Å². The number of halogens is 1. The van der Waals surface area contributed by atoms with Crippen molar-refractivity contribution in [3.63, 3.8) is 0 Å². The van der Waals surface area contributed by atoms with Gasteiger partial charge in [-0.05, 0) is 73.4 Å². The first-order valence-corrected chi connectivity index (χ1v) is 10.2. The van der Waals surface area contributed by atoms with E-state index in [1.54, 1.807) is 22.5 Å². The van der Waals surface area contributed by atoms with Crippen LogP contribution in [0.1, 0.15) is 19.3 Å². The lowest BCUT2D eigenvalue weighted by molar-refractivity contribution is 0.297. The zero-order chi connectivity index (χ0) is 16.6. The molecule has 3 rings (SSSR count). The van der Waals surface area contributed by atoms with E-state index in [0.29, 0.717) is 40.7 Å². The van der Waals surface area contributed by atoms with E-state index in [9.17, 15) is 8.42 Å². The minimum atomic E-state index is -3.44. The summed E-state index contributed by atoms with van der Waals surface area (Å²) in [6, 6.07) is 5.33. The van der Waals surface area contributed by atoms with Crippen LogP contribution in [0.3, 0.4) is 0 Å². The van der Waals surface area contributed by atoms with Gasteiger partial charge in [-0.15, -0.1) is 0 Å². The molecule has 1 saturated carbocycles. The molecular weight excluding hydrogens is 380 g/mol. The number of nitrogens with zero attached hydrogens (tertiary/aromatic N) is 2. The van der Waals surface area contributed by atoms with Gasteiger partial charge in [-0.3, -0.25) is 0 Å². The van der Waals surface area contributed by atoms with Gasteiger partial charge in [-0.2, -0.15) is 4.31 Å². The van der Waals surface area contributed by atoms with E-state index in [-0.39, 0.29) is 6.04 Å². The molecule has 1 aromatic rings. The highest BCUT2D eigenvalue weighted by atomic mass is 79.9. The molecule has 0 radical (unpaired) electrons. The summed E-state index contributed by atoms with van der Waals surface area (Å²) in [5.74, 6) is 1.38. The molecule has 1 heterocycles. The van der Waals surface area contributed by atoms with Crippen LogP contribution < -0.4 is 4.74 Å². The number of sulfonamides is 1. The topological polar surface area (TPSA) is 49.9 Å². The highest BCUT2D eigenvalue weighted by molar-refractivity contribution is 9.10. The molecule has 1 saturated heterocycles. The standard InChI is InChI=1S/C16H23BrN2O3S/c1-18(2)13-7-8-19(10-13)23(20,21)14-5-6-16(15(17)9-14)22-11-12-3-4-12/h5-6,9,12-13H,3-4,7-8,10-11H2,1-2H3/t13-/m0/s1. The second-order valence-electron chi connectivity index (χ2n) is 6.62. The fourth-order valence-electron chi connectivity index (χ4n) is 2.75. The lowest BCUT2D eigenvalue weighted by atomic mass is 10.2. The van der Waals surface area contributed by atoms with Crippen molar-refractivity contribution >= 4 is 26.0 Å². The van der Waals surface area contributed by atoms with Crippen LogP contribution in [-0.2, 0) is 10.0 Å². The Morgan fingerprint density at radius 1 is 1.30 bits per heavy atom. The monoisotopic (exact) mass is 402 g/mol. The van der Waals surface area contributed by atoms with Crippen molar-refractivity contribution in [1.82, 2.24) is 9.21 Å². The van der Waals surface area contributed by atoms with Crippen molar-refractivity contribution in [3.05, 3.63) is 22.7 Å². The summed E-state index contributed by atoms with van der Waals surface area (Å²) in [6.45, 7) is 1.83. The Balaban J connectivity index is 1.73. The summed E-state index contributed by atoms with van der Waals surface area (Å²) in [5, 5.41) is 0. The lowest BCUT2D eigenvalue weighted by Gasteiger charge is -2.20. The normalized spacial score (nSPS) is 22.7. The van der Waals surface area contributed by atoms with Gasteiger partial charge in [0.2, 0.25) is 10.0 Å². The lowest BCUT2D eigenvalue weighted by Crippen LogP contribution is -2.34. The van der Waals surface area contributed by atoms with Crippen molar-refractivity contribution in [1.29, 1.82) is 0 Å². The Hall–Kier alpha value is -0.630. The molecule has 1 aromatic carbocycles. The number of hydrogen-bond acceptors (Lipinski definition) is 4. The maximum Gasteiger partial charge on any atom is 0.243 e. The summed E-state index contributed by atoms with van der Waals surface area (Å²) >= 11 is 3.44. The Morgan fingerprint density at radius 2 is 2.04 bits per heavy atom. The third-order valence-corrected chi connectivity index (χ3v) is 7.05. The second-order valence-corrected chi connectivity index (χ2v) is 9.41. The third kappa shape index (κ3) is 3.90. The highest BCUT2D eigenvalue weighted by Crippen LogP contribution is 2.33. The van der Waals surface area contributed by atoms with E-state index in [0.717, 1.165) is 6.42 Å². The van der Waals surface area contributed by atoms with Crippen molar-refractivity contribution in [2.24, 2.45) is 5.92 Å². The molecular formula is C16H23BrN2O3S. The van der Waals surface area contributed by atoms with E-state index in [4.69, 9.17) is 4.74 Å². The second kappa shape index (κ2) is 6.70. The highest BCUT2D eigenvalue weighted by Gasteiger charge is 2.33. The number of benzene rings is 1. The number of ether oxygens (including phenoxy) is 1. The molecule has 0 amide bonds. The molecule has 2 fully saturated rings.